The van der Waals surface area contributed by atoms with Gasteiger partial charge in [-0.05, 0) is 30.3 Å². The van der Waals surface area contributed by atoms with Crippen molar-refractivity contribution < 1.29 is 18.3 Å². The molecule has 1 aromatic heterocycles. The number of fused-ring (bicyclic) bond motifs is 1. The van der Waals surface area contributed by atoms with Gasteiger partial charge in [0.05, 0.1) is 21.5 Å². The molecule has 0 atom stereocenters. The van der Waals surface area contributed by atoms with Gasteiger partial charge >= 0.3 is 5.97 Å². The van der Waals surface area contributed by atoms with E-state index in [2.05, 4.69) is 4.99 Å². The highest BCUT2D eigenvalue weighted by molar-refractivity contribution is 6.38. The van der Waals surface area contributed by atoms with E-state index in [9.17, 15) is 14.0 Å². The third-order valence-electron chi connectivity index (χ3n) is 3.84. The van der Waals surface area contributed by atoms with Crippen molar-refractivity contribution in [1.29, 1.82) is 0 Å². The van der Waals surface area contributed by atoms with Crippen LogP contribution >= 0.6 is 23.2 Å². The first-order chi connectivity index (χ1) is 12.9. The molecule has 2 aromatic carbocycles. The molecule has 0 saturated heterocycles. The maximum absolute atomic E-state index is 13.9. The molecule has 4 rings (SSSR count). The van der Waals surface area contributed by atoms with Gasteiger partial charge in [-0.3, -0.25) is 4.79 Å². The number of esters is 1. The van der Waals surface area contributed by atoms with E-state index in [1.807, 2.05) is 0 Å². The number of hydrogen-bond acceptors (Lipinski definition) is 5. The van der Waals surface area contributed by atoms with Crippen LogP contribution in [0.2, 0.25) is 10.0 Å². The van der Waals surface area contributed by atoms with E-state index in [0.717, 1.165) is 6.26 Å². The number of aliphatic imine (C=N–C) groups is 1. The van der Waals surface area contributed by atoms with Crippen molar-refractivity contribution in [2.75, 3.05) is 0 Å². The number of benzene rings is 2. The van der Waals surface area contributed by atoms with E-state index in [1.165, 1.54) is 36.4 Å². The van der Waals surface area contributed by atoms with E-state index in [1.54, 1.807) is 6.07 Å². The molecule has 0 N–H and O–H groups in total. The molecule has 0 spiro atoms. The number of nitrogens with zero attached hydrogens (tertiary/aromatic N) is 1. The molecule has 0 unspecified atom stereocenters. The fourth-order valence-corrected chi connectivity index (χ4v) is 3.12. The molecule has 0 radical (unpaired) electrons. The van der Waals surface area contributed by atoms with Crippen LogP contribution in [0, 0.1) is 5.82 Å². The van der Waals surface area contributed by atoms with Crippen LogP contribution in [-0.4, -0.2) is 11.9 Å². The molecular formula is C19H8Cl2FNO4. The van der Waals surface area contributed by atoms with Crippen molar-refractivity contribution in [3.63, 3.8) is 0 Å². The molecule has 1 aliphatic rings. The van der Waals surface area contributed by atoms with Crippen LogP contribution in [0.3, 0.4) is 0 Å². The third kappa shape index (κ3) is 3.13. The first-order valence-electron chi connectivity index (χ1n) is 7.62. The van der Waals surface area contributed by atoms with Gasteiger partial charge in [-0.25, -0.2) is 14.2 Å². The summed E-state index contributed by atoms with van der Waals surface area (Å²) in [6, 6.07) is 8.60. The van der Waals surface area contributed by atoms with E-state index in [0.29, 0.717) is 0 Å². The summed E-state index contributed by atoms with van der Waals surface area (Å²) in [6.07, 6.45) is 2.36. The Labute approximate surface area is 161 Å². The smallest absolute Gasteiger partial charge is 0.363 e. The Morgan fingerprint density at radius 1 is 1.11 bits per heavy atom. The number of carbonyl (C=O) groups excluding carboxylic acids is 1. The fourth-order valence-electron chi connectivity index (χ4n) is 2.59. The van der Waals surface area contributed by atoms with Crippen molar-refractivity contribution in [1.82, 2.24) is 0 Å². The standard InChI is InChI=1S/C19H8Cl2FNO4/c20-10-6-12-16(24)9(8-26-17(12)13(21)7-10)5-15-19(25)27-18(23-15)11-3-1-2-4-14(11)22/h1-8H/b15-5-. The van der Waals surface area contributed by atoms with Gasteiger partial charge in [-0.2, -0.15) is 0 Å². The van der Waals surface area contributed by atoms with Crippen LogP contribution in [0.1, 0.15) is 11.1 Å². The van der Waals surface area contributed by atoms with Crippen LogP contribution in [0.4, 0.5) is 4.39 Å². The van der Waals surface area contributed by atoms with Gasteiger partial charge in [-0.1, -0.05) is 35.3 Å². The second-order valence-corrected chi connectivity index (χ2v) is 6.44. The lowest BCUT2D eigenvalue weighted by Crippen LogP contribution is -2.08. The molecular weight excluding hydrogens is 396 g/mol. The monoisotopic (exact) mass is 403 g/mol. The lowest BCUT2D eigenvalue weighted by Gasteiger charge is -2.01. The highest BCUT2D eigenvalue weighted by Crippen LogP contribution is 2.27. The Kier molecular flexibility index (Phi) is 4.30. The molecule has 134 valence electrons. The van der Waals surface area contributed by atoms with Crippen LogP contribution < -0.4 is 5.43 Å². The Hall–Kier alpha value is -2.96. The lowest BCUT2D eigenvalue weighted by atomic mass is 10.1. The number of carbonyl (C=O) groups is 1. The summed E-state index contributed by atoms with van der Waals surface area (Å²) >= 11 is 11.9. The SMILES string of the molecule is O=C1OC(c2ccccc2F)=N/C1=C\c1coc2c(Cl)cc(Cl)cc2c1=O. The van der Waals surface area contributed by atoms with Crippen molar-refractivity contribution in [3.05, 3.63) is 85.6 Å². The molecule has 3 aromatic rings. The highest BCUT2D eigenvalue weighted by Gasteiger charge is 2.26. The van der Waals surface area contributed by atoms with Gasteiger partial charge in [0.2, 0.25) is 5.90 Å². The first-order valence-corrected chi connectivity index (χ1v) is 8.37. The van der Waals surface area contributed by atoms with Crippen molar-refractivity contribution in [2.24, 2.45) is 4.99 Å². The lowest BCUT2D eigenvalue weighted by molar-refractivity contribution is -0.129. The minimum atomic E-state index is -0.808. The number of rotatable bonds is 2. The molecule has 0 bridgehead atoms. The zero-order valence-electron chi connectivity index (χ0n) is 13.3. The molecule has 5 nitrogen and oxygen atoms in total. The van der Waals surface area contributed by atoms with Crippen molar-refractivity contribution in [3.8, 4) is 0 Å². The maximum atomic E-state index is 13.9. The van der Waals surface area contributed by atoms with Crippen LogP contribution in [0.5, 0.6) is 0 Å². The number of cyclic esters (lactones) is 1. The van der Waals surface area contributed by atoms with Gasteiger partial charge in [0.25, 0.3) is 0 Å². The summed E-state index contributed by atoms with van der Waals surface area (Å²) in [5.74, 6) is -1.57. The first kappa shape index (κ1) is 17.5. The summed E-state index contributed by atoms with van der Waals surface area (Å²) in [5.41, 5.74) is -0.342. The second kappa shape index (κ2) is 6.64. The Bertz CT molecular complexity index is 1230. The Morgan fingerprint density at radius 2 is 1.89 bits per heavy atom. The number of halogens is 3. The molecule has 0 fully saturated rings. The third-order valence-corrected chi connectivity index (χ3v) is 4.33. The number of hydrogen-bond donors (Lipinski definition) is 0. The van der Waals surface area contributed by atoms with Crippen LogP contribution in [0.25, 0.3) is 17.0 Å². The summed E-state index contributed by atoms with van der Waals surface area (Å²) < 4.78 is 24.3. The second-order valence-electron chi connectivity index (χ2n) is 5.60. The predicted molar refractivity (Wildman–Crippen MR) is 99.5 cm³/mol. The summed E-state index contributed by atoms with van der Waals surface area (Å²) in [4.78, 5) is 28.7. The van der Waals surface area contributed by atoms with Gasteiger partial charge < -0.3 is 9.15 Å². The van der Waals surface area contributed by atoms with E-state index in [-0.39, 0.29) is 43.7 Å². The Morgan fingerprint density at radius 3 is 2.67 bits per heavy atom. The maximum Gasteiger partial charge on any atom is 0.363 e. The molecule has 0 saturated carbocycles. The van der Waals surface area contributed by atoms with E-state index < -0.39 is 17.2 Å². The fraction of sp³-hybridized carbons (Fsp3) is 0. The largest absolute Gasteiger partial charge is 0.462 e. The van der Waals surface area contributed by atoms with Crippen LogP contribution in [0.15, 0.2) is 62.6 Å². The molecule has 2 heterocycles. The Balaban J connectivity index is 1.82. The average molecular weight is 404 g/mol. The topological polar surface area (TPSA) is 68.9 Å². The van der Waals surface area contributed by atoms with Gasteiger partial charge in [0.15, 0.2) is 16.7 Å². The average Bonchev–Trinajstić information content (AvgIpc) is 2.98. The minimum absolute atomic E-state index is 0.0401. The van der Waals surface area contributed by atoms with Gasteiger partial charge in [-0.15, -0.1) is 0 Å². The molecule has 27 heavy (non-hydrogen) atoms. The molecule has 0 amide bonds. The van der Waals surface area contributed by atoms with Gasteiger partial charge in [0, 0.05) is 5.02 Å². The van der Waals surface area contributed by atoms with E-state index in [4.69, 9.17) is 32.4 Å². The summed E-state index contributed by atoms with van der Waals surface area (Å²) in [6.45, 7) is 0. The predicted octanol–water partition coefficient (Wildman–Crippen LogP) is 4.58. The van der Waals surface area contributed by atoms with Gasteiger partial charge in [0.1, 0.15) is 12.1 Å². The van der Waals surface area contributed by atoms with Crippen molar-refractivity contribution >= 4 is 52.1 Å². The zero-order chi connectivity index (χ0) is 19.1. The molecule has 8 heteroatoms. The van der Waals surface area contributed by atoms with E-state index >= 15 is 0 Å². The summed E-state index contributed by atoms with van der Waals surface area (Å²) in [7, 11) is 0. The minimum Gasteiger partial charge on any atom is -0.462 e. The number of ether oxygens (including phenoxy) is 1. The molecule has 1 aliphatic heterocycles. The zero-order valence-corrected chi connectivity index (χ0v) is 14.8. The van der Waals surface area contributed by atoms with Crippen molar-refractivity contribution in [2.45, 2.75) is 0 Å². The normalized spacial score (nSPS) is 15.3. The van der Waals surface area contributed by atoms with Crippen LogP contribution in [-0.2, 0) is 9.53 Å². The highest BCUT2D eigenvalue weighted by atomic mass is 35.5. The quantitative estimate of drug-likeness (QED) is 0.463. The summed E-state index contributed by atoms with van der Waals surface area (Å²) in [5, 5.41) is 0.616. The molecule has 0 aliphatic carbocycles.